The normalized spacial score (nSPS) is 11.4. The molecule has 90 valence electrons. The first kappa shape index (κ1) is 13.0. The van der Waals surface area contributed by atoms with Crippen LogP contribution in [0.2, 0.25) is 0 Å². The number of esters is 1. The van der Waals surface area contributed by atoms with Gasteiger partial charge in [-0.1, -0.05) is 19.1 Å². The molecule has 0 bridgehead atoms. The fourth-order valence-electron chi connectivity index (χ4n) is 1.44. The van der Waals surface area contributed by atoms with Crippen molar-refractivity contribution in [2.24, 2.45) is 5.92 Å². The molecule has 0 aliphatic carbocycles. The van der Waals surface area contributed by atoms with Gasteiger partial charge in [0, 0.05) is 12.2 Å². The highest BCUT2D eigenvalue weighted by molar-refractivity contribution is 5.95. The maximum atomic E-state index is 11.5. The summed E-state index contributed by atoms with van der Waals surface area (Å²) in [4.78, 5) is 11.5. The molecule has 1 aromatic rings. The molecule has 0 aliphatic rings. The molecular formula is C13H16N2O2. The molecule has 0 spiro atoms. The molecule has 1 atom stereocenters. The van der Waals surface area contributed by atoms with Crippen molar-refractivity contribution in [3.8, 4) is 6.07 Å². The Balaban J connectivity index is 2.77. The molecular weight excluding hydrogens is 216 g/mol. The average Bonchev–Trinajstić information content (AvgIpc) is 2.39. The van der Waals surface area contributed by atoms with Crippen LogP contribution in [0.1, 0.15) is 23.7 Å². The van der Waals surface area contributed by atoms with Gasteiger partial charge in [-0.15, -0.1) is 0 Å². The van der Waals surface area contributed by atoms with E-state index in [9.17, 15) is 4.79 Å². The van der Waals surface area contributed by atoms with Gasteiger partial charge in [-0.3, -0.25) is 0 Å². The molecule has 1 aromatic carbocycles. The summed E-state index contributed by atoms with van der Waals surface area (Å²) >= 11 is 0. The molecule has 1 unspecified atom stereocenters. The molecule has 0 aromatic heterocycles. The Bertz CT molecular complexity index is 424. The maximum absolute atomic E-state index is 11.5. The van der Waals surface area contributed by atoms with E-state index in [0.29, 0.717) is 17.8 Å². The van der Waals surface area contributed by atoms with Crippen molar-refractivity contribution in [3.63, 3.8) is 0 Å². The monoisotopic (exact) mass is 232 g/mol. The third-order valence-electron chi connectivity index (χ3n) is 2.55. The molecule has 0 amide bonds. The van der Waals surface area contributed by atoms with Gasteiger partial charge in [0.05, 0.1) is 24.7 Å². The Kier molecular flexibility index (Phi) is 5.02. The minimum atomic E-state index is -0.377. The summed E-state index contributed by atoms with van der Waals surface area (Å²) in [5.41, 5.74) is 1.19. The van der Waals surface area contributed by atoms with Gasteiger partial charge >= 0.3 is 5.97 Å². The Morgan fingerprint density at radius 2 is 2.24 bits per heavy atom. The van der Waals surface area contributed by atoms with E-state index >= 15 is 0 Å². The molecule has 17 heavy (non-hydrogen) atoms. The number of anilines is 1. The zero-order valence-corrected chi connectivity index (χ0v) is 10.1. The van der Waals surface area contributed by atoms with Crippen LogP contribution in [0, 0.1) is 17.2 Å². The number of carbonyl (C=O) groups is 1. The van der Waals surface area contributed by atoms with Crippen LogP contribution >= 0.6 is 0 Å². The van der Waals surface area contributed by atoms with Crippen LogP contribution < -0.4 is 5.32 Å². The molecule has 0 aliphatic heterocycles. The lowest BCUT2D eigenvalue weighted by molar-refractivity contribution is 0.0602. The fourth-order valence-corrected chi connectivity index (χ4v) is 1.44. The van der Waals surface area contributed by atoms with Gasteiger partial charge in [0.15, 0.2) is 0 Å². The molecule has 1 rings (SSSR count). The van der Waals surface area contributed by atoms with E-state index in [-0.39, 0.29) is 11.9 Å². The summed E-state index contributed by atoms with van der Waals surface area (Å²) < 4.78 is 4.69. The second-order valence-electron chi connectivity index (χ2n) is 3.65. The highest BCUT2D eigenvalue weighted by Gasteiger charge is 2.11. The van der Waals surface area contributed by atoms with Gasteiger partial charge in [0.2, 0.25) is 0 Å². The molecule has 4 nitrogen and oxygen atoms in total. The van der Waals surface area contributed by atoms with Gasteiger partial charge in [-0.05, 0) is 18.6 Å². The molecule has 0 saturated heterocycles. The number of hydrogen-bond donors (Lipinski definition) is 1. The Morgan fingerprint density at radius 1 is 1.53 bits per heavy atom. The highest BCUT2D eigenvalue weighted by Crippen LogP contribution is 2.16. The van der Waals surface area contributed by atoms with Crippen LogP contribution in [-0.2, 0) is 4.74 Å². The van der Waals surface area contributed by atoms with E-state index in [2.05, 4.69) is 11.4 Å². The first-order valence-corrected chi connectivity index (χ1v) is 5.53. The van der Waals surface area contributed by atoms with Crippen LogP contribution in [-0.4, -0.2) is 19.6 Å². The lowest BCUT2D eigenvalue weighted by Gasteiger charge is -2.12. The third kappa shape index (κ3) is 3.49. The van der Waals surface area contributed by atoms with Crippen molar-refractivity contribution in [1.82, 2.24) is 0 Å². The number of carbonyl (C=O) groups excluding carboxylic acids is 1. The topological polar surface area (TPSA) is 62.1 Å². The van der Waals surface area contributed by atoms with Crippen molar-refractivity contribution in [1.29, 1.82) is 5.26 Å². The number of rotatable bonds is 5. The number of methoxy groups -OCH3 is 1. The molecule has 0 heterocycles. The molecule has 0 fully saturated rings. The van der Waals surface area contributed by atoms with Gasteiger partial charge in [0.1, 0.15) is 0 Å². The maximum Gasteiger partial charge on any atom is 0.339 e. The summed E-state index contributed by atoms with van der Waals surface area (Å²) in [6.07, 6.45) is 0.782. The largest absolute Gasteiger partial charge is 0.465 e. The van der Waals surface area contributed by atoms with E-state index < -0.39 is 0 Å². The van der Waals surface area contributed by atoms with Gasteiger partial charge in [-0.25, -0.2) is 4.79 Å². The summed E-state index contributed by atoms with van der Waals surface area (Å²) in [6.45, 7) is 2.49. The van der Waals surface area contributed by atoms with E-state index in [0.717, 1.165) is 6.42 Å². The van der Waals surface area contributed by atoms with Gasteiger partial charge in [-0.2, -0.15) is 5.26 Å². The number of benzene rings is 1. The lowest BCUT2D eigenvalue weighted by Crippen LogP contribution is -2.14. The summed E-state index contributed by atoms with van der Waals surface area (Å²) in [7, 11) is 1.35. The second-order valence-corrected chi connectivity index (χ2v) is 3.65. The standard InChI is InChI=1S/C13H16N2O2/c1-3-10(8-14)9-15-12-7-5-4-6-11(12)13(16)17-2/h4-7,10,15H,3,9H2,1-2H3. The van der Waals surface area contributed by atoms with Crippen molar-refractivity contribution in [3.05, 3.63) is 29.8 Å². The predicted molar refractivity (Wildman–Crippen MR) is 65.7 cm³/mol. The fraction of sp³-hybridized carbons (Fsp3) is 0.385. The first-order valence-electron chi connectivity index (χ1n) is 5.53. The van der Waals surface area contributed by atoms with E-state index in [1.807, 2.05) is 13.0 Å². The van der Waals surface area contributed by atoms with Crippen LogP contribution in [0.25, 0.3) is 0 Å². The van der Waals surface area contributed by atoms with Crippen LogP contribution in [0.3, 0.4) is 0 Å². The molecule has 4 heteroatoms. The molecule has 1 N–H and O–H groups in total. The number of para-hydroxylation sites is 1. The van der Waals surface area contributed by atoms with Gasteiger partial charge in [0.25, 0.3) is 0 Å². The van der Waals surface area contributed by atoms with E-state index in [1.165, 1.54) is 7.11 Å². The van der Waals surface area contributed by atoms with Crippen molar-refractivity contribution in [2.75, 3.05) is 19.0 Å². The van der Waals surface area contributed by atoms with Crippen LogP contribution in [0.15, 0.2) is 24.3 Å². The van der Waals surface area contributed by atoms with E-state index in [1.54, 1.807) is 18.2 Å². The SMILES string of the molecule is CCC(C#N)CNc1ccccc1C(=O)OC. The summed E-state index contributed by atoms with van der Waals surface area (Å²) in [6, 6.07) is 9.32. The van der Waals surface area contributed by atoms with Crippen molar-refractivity contribution < 1.29 is 9.53 Å². The average molecular weight is 232 g/mol. The van der Waals surface area contributed by atoms with Crippen molar-refractivity contribution in [2.45, 2.75) is 13.3 Å². The van der Waals surface area contributed by atoms with Crippen LogP contribution in [0.5, 0.6) is 0 Å². The Morgan fingerprint density at radius 3 is 2.82 bits per heavy atom. The Labute approximate surface area is 101 Å². The van der Waals surface area contributed by atoms with Crippen molar-refractivity contribution >= 4 is 11.7 Å². The first-order chi connectivity index (χ1) is 8.22. The number of nitrogens with zero attached hydrogens (tertiary/aromatic N) is 1. The highest BCUT2D eigenvalue weighted by atomic mass is 16.5. The number of hydrogen-bond acceptors (Lipinski definition) is 4. The smallest absolute Gasteiger partial charge is 0.339 e. The third-order valence-corrected chi connectivity index (χ3v) is 2.55. The van der Waals surface area contributed by atoms with Crippen LogP contribution in [0.4, 0.5) is 5.69 Å². The quantitative estimate of drug-likeness (QED) is 0.792. The Hall–Kier alpha value is -2.02. The number of nitriles is 1. The minimum absolute atomic E-state index is 0.0549. The lowest BCUT2D eigenvalue weighted by atomic mass is 10.1. The zero-order chi connectivity index (χ0) is 12.7. The second kappa shape index (κ2) is 6.54. The van der Waals surface area contributed by atoms with Gasteiger partial charge < -0.3 is 10.1 Å². The zero-order valence-electron chi connectivity index (χ0n) is 10.1. The number of ether oxygens (including phenoxy) is 1. The summed E-state index contributed by atoms with van der Waals surface area (Å²) in [5, 5.41) is 12.0. The predicted octanol–water partition coefficient (Wildman–Crippen LogP) is 2.43. The summed E-state index contributed by atoms with van der Waals surface area (Å²) in [5.74, 6) is -0.432. The minimum Gasteiger partial charge on any atom is -0.465 e. The van der Waals surface area contributed by atoms with E-state index in [4.69, 9.17) is 10.00 Å². The molecule has 0 saturated carbocycles. The molecule has 0 radical (unpaired) electrons. The number of nitrogens with one attached hydrogen (secondary N) is 1.